The van der Waals surface area contributed by atoms with Gasteiger partial charge < -0.3 is 9.84 Å². The summed E-state index contributed by atoms with van der Waals surface area (Å²) in [5.41, 5.74) is -0.268. The van der Waals surface area contributed by atoms with Gasteiger partial charge in [-0.1, -0.05) is 47.1 Å². The number of hydrogen-bond acceptors (Lipinski definition) is 3. The van der Waals surface area contributed by atoms with Crippen LogP contribution in [0.25, 0.3) is 0 Å². The molecule has 3 saturated carbocycles. The van der Waals surface area contributed by atoms with Crippen LogP contribution in [0.4, 0.5) is 0 Å². The third-order valence-electron chi connectivity index (χ3n) is 11.5. The summed E-state index contributed by atoms with van der Waals surface area (Å²) in [4.78, 5) is 5.48. The number of aliphatic hydroxyl groups excluding tert-OH is 1. The minimum Gasteiger partial charge on any atom is -0.393 e. The van der Waals surface area contributed by atoms with E-state index < -0.39 is 5.60 Å². The van der Waals surface area contributed by atoms with Crippen molar-refractivity contribution in [1.82, 2.24) is 0 Å². The molecular weight excluding hydrogens is 400 g/mol. The first-order valence-corrected chi connectivity index (χ1v) is 13.6. The van der Waals surface area contributed by atoms with Crippen LogP contribution in [-0.4, -0.2) is 34.3 Å². The maximum atomic E-state index is 10.4. The molecule has 1 saturated heterocycles. The molecule has 1 aliphatic heterocycles. The van der Waals surface area contributed by atoms with Gasteiger partial charge in [-0.3, -0.25) is 5.26 Å². The highest BCUT2D eigenvalue weighted by Crippen LogP contribution is 2.68. The number of rotatable bonds is 6. The molecule has 4 unspecified atom stereocenters. The highest BCUT2D eigenvalue weighted by Gasteiger charge is 2.66. The Morgan fingerprint density at radius 3 is 2.59 bits per heavy atom. The molecule has 0 bridgehead atoms. The summed E-state index contributed by atoms with van der Waals surface area (Å²) >= 11 is 0. The molecule has 4 aliphatic carbocycles. The largest absolute Gasteiger partial charge is 0.393 e. The Balaban J connectivity index is 1.37. The predicted octanol–water partition coefficient (Wildman–Crippen LogP) is 5.40. The zero-order chi connectivity index (χ0) is 22.9. The van der Waals surface area contributed by atoms with Crippen molar-refractivity contribution in [2.24, 2.45) is 46.3 Å². The van der Waals surface area contributed by atoms with E-state index in [1.54, 1.807) is 0 Å². The van der Waals surface area contributed by atoms with Crippen molar-refractivity contribution >= 4 is 0 Å². The summed E-state index contributed by atoms with van der Waals surface area (Å²) in [5.74, 6) is 3.97. The van der Waals surface area contributed by atoms with Crippen molar-refractivity contribution in [3.8, 4) is 0 Å². The number of ether oxygens (including phenoxy) is 1. The highest BCUT2D eigenvalue weighted by molar-refractivity contribution is 5.25. The maximum Gasteiger partial charge on any atom is 0.175 e. The lowest BCUT2D eigenvalue weighted by atomic mass is 9.45. The third kappa shape index (κ3) is 3.22. The van der Waals surface area contributed by atoms with Crippen molar-refractivity contribution < 1.29 is 20.0 Å². The Hall–Kier alpha value is -0.420. The standard InChI is InChI=1S/C28H46O4/c1-6-7-17(2)24-25(31-24)18(3)21-8-9-22-20-11-15-28(32-30)16-19(29)10-14-27(28,5)23(20)12-13-26(21,22)4/h11,15,17-25,29-30H,6-10,12-14,16H2,1-5H3/p+1/t17-,18+,19+,20?,21-,22+,23+,24?,25?,26-,27-,28?/m1/s1. The van der Waals surface area contributed by atoms with E-state index in [-0.39, 0.29) is 11.5 Å². The second-order valence-electron chi connectivity index (χ2n) is 12.9. The van der Waals surface area contributed by atoms with Gasteiger partial charge in [0.15, 0.2) is 5.60 Å². The Kier molecular flexibility index (Phi) is 5.88. The van der Waals surface area contributed by atoms with Gasteiger partial charge in [0.2, 0.25) is 0 Å². The van der Waals surface area contributed by atoms with Crippen LogP contribution in [0.5, 0.6) is 0 Å². The molecule has 32 heavy (non-hydrogen) atoms. The van der Waals surface area contributed by atoms with Crippen molar-refractivity contribution in [3.63, 3.8) is 0 Å². The summed E-state index contributed by atoms with van der Waals surface area (Å²) in [5, 5.41) is 18.4. The molecule has 3 N–H and O–H groups in total. The lowest BCUT2D eigenvalue weighted by Crippen LogP contribution is -2.61. The molecule has 4 nitrogen and oxygen atoms in total. The van der Waals surface area contributed by atoms with Crippen molar-refractivity contribution in [2.75, 3.05) is 0 Å². The SMILES string of the molecule is CCC[C@@H](C)C1OC1[C@@H](C)[C@H]1CC[C@H]2C3C=CC4(O[OH2+])C[C@@H](O)CC[C@]4(C)[C@H]3CC[C@]12C. The summed E-state index contributed by atoms with van der Waals surface area (Å²) in [6.07, 6.45) is 15.3. The fourth-order valence-corrected chi connectivity index (χ4v) is 9.56. The summed E-state index contributed by atoms with van der Waals surface area (Å²) < 4.78 is 6.29. The average molecular weight is 448 g/mol. The fraction of sp³-hybridized carbons (Fsp3) is 0.929. The van der Waals surface area contributed by atoms with Gasteiger partial charge >= 0.3 is 0 Å². The van der Waals surface area contributed by atoms with E-state index in [1.165, 1.54) is 38.5 Å². The predicted molar refractivity (Wildman–Crippen MR) is 127 cm³/mol. The molecule has 0 spiro atoms. The quantitative estimate of drug-likeness (QED) is 0.195. The van der Waals surface area contributed by atoms with E-state index >= 15 is 0 Å². The Labute approximate surface area is 195 Å². The molecule has 4 heteroatoms. The smallest absolute Gasteiger partial charge is 0.175 e. The minimum absolute atomic E-state index is 0.0429. The number of hydrogen-bond donors (Lipinski definition) is 1. The van der Waals surface area contributed by atoms with E-state index in [4.69, 9.17) is 14.9 Å². The summed E-state index contributed by atoms with van der Waals surface area (Å²) in [6.45, 7) is 12.1. The Morgan fingerprint density at radius 1 is 1.09 bits per heavy atom. The van der Waals surface area contributed by atoms with Crippen LogP contribution in [0.15, 0.2) is 12.2 Å². The van der Waals surface area contributed by atoms with Crippen LogP contribution >= 0.6 is 0 Å². The Morgan fingerprint density at radius 2 is 1.88 bits per heavy atom. The fourth-order valence-electron chi connectivity index (χ4n) is 9.56. The first-order chi connectivity index (χ1) is 15.2. The number of allylic oxidation sites excluding steroid dienone is 1. The molecule has 12 atom stereocenters. The maximum absolute atomic E-state index is 10.4. The molecule has 0 amide bonds. The summed E-state index contributed by atoms with van der Waals surface area (Å²) in [6, 6.07) is 0. The normalized spacial score (nSPS) is 53.8. The molecule has 0 radical (unpaired) electrons. The molecule has 4 fully saturated rings. The summed E-state index contributed by atoms with van der Waals surface area (Å²) in [7, 11) is 0. The monoisotopic (exact) mass is 447 g/mol. The van der Waals surface area contributed by atoms with Crippen LogP contribution in [0.1, 0.15) is 92.4 Å². The molecule has 0 aromatic heterocycles. The molecule has 182 valence electrons. The average Bonchev–Trinajstić information content (AvgIpc) is 3.49. The van der Waals surface area contributed by atoms with E-state index in [0.29, 0.717) is 47.7 Å². The Bertz CT molecular complexity index is 737. The van der Waals surface area contributed by atoms with Crippen LogP contribution in [0.2, 0.25) is 0 Å². The van der Waals surface area contributed by atoms with Gasteiger partial charge in [0.25, 0.3) is 0 Å². The van der Waals surface area contributed by atoms with E-state index in [9.17, 15) is 5.11 Å². The van der Waals surface area contributed by atoms with Gasteiger partial charge in [0.05, 0.1) is 18.3 Å². The molecule has 0 aromatic carbocycles. The molecular formula is C28H47O4+. The van der Waals surface area contributed by atoms with Crippen LogP contribution < -0.4 is 0 Å². The van der Waals surface area contributed by atoms with Gasteiger partial charge in [0.1, 0.15) is 0 Å². The molecule has 0 aromatic rings. The van der Waals surface area contributed by atoms with Crippen molar-refractivity contribution in [3.05, 3.63) is 12.2 Å². The van der Waals surface area contributed by atoms with Gasteiger partial charge in [-0.2, -0.15) is 0 Å². The van der Waals surface area contributed by atoms with Gasteiger partial charge in [0, 0.05) is 11.8 Å². The first-order valence-electron chi connectivity index (χ1n) is 13.6. The topological polar surface area (TPSA) is 64.9 Å². The zero-order valence-corrected chi connectivity index (χ0v) is 21.0. The number of epoxide rings is 1. The molecule has 1 heterocycles. The van der Waals surface area contributed by atoms with Crippen LogP contribution in [0.3, 0.4) is 0 Å². The highest BCUT2D eigenvalue weighted by atomic mass is 17.1. The number of aliphatic hydroxyl groups is 1. The van der Waals surface area contributed by atoms with Crippen LogP contribution in [-0.2, 0) is 9.62 Å². The lowest BCUT2D eigenvalue weighted by Gasteiger charge is -2.61. The molecule has 5 aliphatic rings. The second kappa shape index (κ2) is 8.07. The van der Waals surface area contributed by atoms with Gasteiger partial charge in [-0.25, -0.2) is 0 Å². The van der Waals surface area contributed by atoms with E-state index in [1.807, 2.05) is 0 Å². The lowest BCUT2D eigenvalue weighted by molar-refractivity contribution is -0.361. The molecule has 5 rings (SSSR count). The first kappa shape index (κ1) is 23.3. The van der Waals surface area contributed by atoms with Crippen molar-refractivity contribution in [2.45, 2.75) is 116 Å². The number of fused-ring (bicyclic) bond motifs is 5. The van der Waals surface area contributed by atoms with Gasteiger partial charge in [-0.05, 0) is 91.9 Å². The van der Waals surface area contributed by atoms with Crippen LogP contribution in [0, 0.1) is 46.3 Å². The van der Waals surface area contributed by atoms with Crippen molar-refractivity contribution in [1.29, 1.82) is 0 Å². The van der Waals surface area contributed by atoms with Gasteiger partial charge in [-0.15, -0.1) is 4.89 Å². The third-order valence-corrected chi connectivity index (χ3v) is 11.5. The van der Waals surface area contributed by atoms with E-state index in [0.717, 1.165) is 24.7 Å². The zero-order valence-electron chi connectivity index (χ0n) is 21.0. The minimum atomic E-state index is -0.616. The second-order valence-corrected chi connectivity index (χ2v) is 12.9. The van der Waals surface area contributed by atoms with E-state index in [2.05, 4.69) is 46.8 Å².